The third kappa shape index (κ3) is 3.83. The molecule has 0 bridgehead atoms. The summed E-state index contributed by atoms with van der Waals surface area (Å²) in [5.41, 5.74) is 7.72. The normalized spacial score (nSPS) is 10.0. The van der Waals surface area contributed by atoms with Crippen LogP contribution in [0, 0.1) is 6.92 Å². The van der Waals surface area contributed by atoms with Crippen molar-refractivity contribution in [2.75, 3.05) is 24.3 Å². The first-order valence-electron chi connectivity index (χ1n) is 4.66. The molecule has 15 heavy (non-hydrogen) atoms. The molecule has 3 nitrogen and oxygen atoms in total. The summed E-state index contributed by atoms with van der Waals surface area (Å²) >= 11 is 1.64. The standard InChI is InChI=1S/C11H15NO2S/c1-8-5-9(7-10(12)6-8)11(13)14-3-4-15-2/h5-7H,3-4,12H2,1-2H3. The third-order valence-electron chi connectivity index (χ3n) is 1.86. The summed E-state index contributed by atoms with van der Waals surface area (Å²) in [5, 5.41) is 0. The van der Waals surface area contributed by atoms with Crippen molar-refractivity contribution in [3.05, 3.63) is 29.3 Å². The largest absolute Gasteiger partial charge is 0.461 e. The Hall–Kier alpha value is -1.16. The van der Waals surface area contributed by atoms with Gasteiger partial charge in [-0.2, -0.15) is 11.8 Å². The Morgan fingerprint density at radius 3 is 2.80 bits per heavy atom. The van der Waals surface area contributed by atoms with Crippen LogP contribution in [-0.2, 0) is 4.74 Å². The van der Waals surface area contributed by atoms with E-state index in [1.807, 2.05) is 19.2 Å². The van der Waals surface area contributed by atoms with Crippen molar-refractivity contribution in [1.29, 1.82) is 0 Å². The Labute approximate surface area is 94.0 Å². The Bertz CT molecular complexity index is 332. The van der Waals surface area contributed by atoms with Gasteiger partial charge < -0.3 is 10.5 Å². The second kappa shape index (κ2) is 5.66. The summed E-state index contributed by atoms with van der Waals surface area (Å²) in [4.78, 5) is 11.5. The van der Waals surface area contributed by atoms with Gasteiger partial charge in [0.2, 0.25) is 0 Å². The average molecular weight is 225 g/mol. The molecule has 0 aromatic heterocycles. The van der Waals surface area contributed by atoms with Crippen molar-refractivity contribution in [2.24, 2.45) is 0 Å². The molecular formula is C11H15NO2S. The number of rotatable bonds is 4. The van der Waals surface area contributed by atoms with E-state index in [0.29, 0.717) is 17.9 Å². The fraction of sp³-hybridized carbons (Fsp3) is 0.364. The molecule has 0 saturated heterocycles. The van der Waals surface area contributed by atoms with Gasteiger partial charge in [0.05, 0.1) is 5.56 Å². The predicted molar refractivity (Wildman–Crippen MR) is 64.3 cm³/mol. The summed E-state index contributed by atoms with van der Waals surface area (Å²) in [6, 6.07) is 5.23. The first-order valence-corrected chi connectivity index (χ1v) is 6.06. The van der Waals surface area contributed by atoms with Crippen LogP contribution in [0.15, 0.2) is 18.2 Å². The molecule has 0 heterocycles. The number of nitrogen functional groups attached to an aromatic ring is 1. The Morgan fingerprint density at radius 1 is 1.47 bits per heavy atom. The lowest BCUT2D eigenvalue weighted by atomic mass is 10.1. The number of esters is 1. The van der Waals surface area contributed by atoms with Gasteiger partial charge in [-0.15, -0.1) is 0 Å². The van der Waals surface area contributed by atoms with E-state index in [2.05, 4.69) is 0 Å². The van der Waals surface area contributed by atoms with E-state index in [9.17, 15) is 4.79 Å². The minimum atomic E-state index is -0.306. The fourth-order valence-corrected chi connectivity index (χ4v) is 1.48. The van der Waals surface area contributed by atoms with Crippen molar-refractivity contribution in [2.45, 2.75) is 6.92 Å². The van der Waals surface area contributed by atoms with Crippen molar-refractivity contribution in [3.63, 3.8) is 0 Å². The van der Waals surface area contributed by atoms with Crippen LogP contribution in [-0.4, -0.2) is 24.6 Å². The molecule has 0 unspecified atom stereocenters. The highest BCUT2D eigenvalue weighted by molar-refractivity contribution is 7.98. The molecule has 1 aromatic carbocycles. The molecule has 0 aliphatic heterocycles. The van der Waals surface area contributed by atoms with Crippen molar-refractivity contribution in [3.8, 4) is 0 Å². The number of anilines is 1. The van der Waals surface area contributed by atoms with Crippen molar-refractivity contribution in [1.82, 2.24) is 0 Å². The molecule has 1 rings (SSSR count). The van der Waals surface area contributed by atoms with Crippen molar-refractivity contribution >= 4 is 23.4 Å². The molecule has 0 atom stereocenters. The maximum atomic E-state index is 11.5. The predicted octanol–water partition coefficient (Wildman–Crippen LogP) is 2.10. The van der Waals surface area contributed by atoms with Crippen LogP contribution < -0.4 is 5.73 Å². The zero-order chi connectivity index (χ0) is 11.3. The molecule has 82 valence electrons. The number of carbonyl (C=O) groups excluding carboxylic acids is 1. The maximum absolute atomic E-state index is 11.5. The fourth-order valence-electron chi connectivity index (χ4n) is 1.23. The Kier molecular flexibility index (Phi) is 4.49. The molecule has 0 radical (unpaired) electrons. The summed E-state index contributed by atoms with van der Waals surface area (Å²) < 4.78 is 5.06. The van der Waals surface area contributed by atoms with Gasteiger partial charge in [0.25, 0.3) is 0 Å². The van der Waals surface area contributed by atoms with Gasteiger partial charge in [0, 0.05) is 11.4 Å². The number of hydrogen-bond donors (Lipinski definition) is 1. The van der Waals surface area contributed by atoms with Crippen LogP contribution in [0.5, 0.6) is 0 Å². The number of thioether (sulfide) groups is 1. The van der Waals surface area contributed by atoms with Crippen LogP contribution in [0.25, 0.3) is 0 Å². The second-order valence-electron chi connectivity index (χ2n) is 3.26. The van der Waals surface area contributed by atoms with E-state index in [1.165, 1.54) is 0 Å². The number of aryl methyl sites for hydroxylation is 1. The lowest BCUT2D eigenvalue weighted by Gasteiger charge is -2.05. The number of ether oxygens (including phenoxy) is 1. The zero-order valence-corrected chi connectivity index (χ0v) is 9.76. The van der Waals surface area contributed by atoms with Crippen molar-refractivity contribution < 1.29 is 9.53 Å². The first kappa shape index (κ1) is 11.9. The van der Waals surface area contributed by atoms with E-state index in [-0.39, 0.29) is 5.97 Å². The quantitative estimate of drug-likeness (QED) is 0.484. The molecule has 0 amide bonds. The Morgan fingerprint density at radius 2 is 2.20 bits per heavy atom. The first-order chi connectivity index (χ1) is 7.13. The smallest absolute Gasteiger partial charge is 0.338 e. The SMILES string of the molecule is CSCCOC(=O)c1cc(C)cc(N)c1. The molecule has 1 aromatic rings. The van der Waals surface area contributed by atoms with Crippen LogP contribution in [0.2, 0.25) is 0 Å². The average Bonchev–Trinajstić information content (AvgIpc) is 2.16. The molecule has 0 saturated carbocycles. The number of benzene rings is 1. The molecule has 0 spiro atoms. The lowest BCUT2D eigenvalue weighted by Crippen LogP contribution is -2.08. The molecule has 2 N–H and O–H groups in total. The minimum absolute atomic E-state index is 0.306. The van der Waals surface area contributed by atoms with Gasteiger partial charge in [-0.25, -0.2) is 4.79 Å². The van der Waals surface area contributed by atoms with E-state index < -0.39 is 0 Å². The number of hydrogen-bond acceptors (Lipinski definition) is 4. The highest BCUT2D eigenvalue weighted by atomic mass is 32.2. The Balaban J connectivity index is 2.65. The topological polar surface area (TPSA) is 52.3 Å². The minimum Gasteiger partial charge on any atom is -0.461 e. The van der Waals surface area contributed by atoms with E-state index in [0.717, 1.165) is 11.3 Å². The third-order valence-corrected chi connectivity index (χ3v) is 2.43. The van der Waals surface area contributed by atoms with Gasteiger partial charge in [-0.3, -0.25) is 0 Å². The summed E-state index contributed by atoms with van der Waals surface area (Å²) in [5.74, 6) is 0.506. The van der Waals surface area contributed by atoms with E-state index in [1.54, 1.807) is 23.9 Å². The second-order valence-corrected chi connectivity index (χ2v) is 4.25. The van der Waals surface area contributed by atoms with E-state index in [4.69, 9.17) is 10.5 Å². The van der Waals surface area contributed by atoms with Gasteiger partial charge >= 0.3 is 5.97 Å². The maximum Gasteiger partial charge on any atom is 0.338 e. The molecular weight excluding hydrogens is 210 g/mol. The summed E-state index contributed by atoms with van der Waals surface area (Å²) in [7, 11) is 0. The molecule has 0 aliphatic rings. The zero-order valence-electron chi connectivity index (χ0n) is 8.95. The molecule has 0 aliphatic carbocycles. The van der Waals surface area contributed by atoms with Crippen LogP contribution >= 0.6 is 11.8 Å². The lowest BCUT2D eigenvalue weighted by molar-refractivity contribution is 0.0530. The van der Waals surface area contributed by atoms with E-state index >= 15 is 0 Å². The van der Waals surface area contributed by atoms with Crippen LogP contribution in [0.3, 0.4) is 0 Å². The molecule has 0 fully saturated rings. The monoisotopic (exact) mass is 225 g/mol. The highest BCUT2D eigenvalue weighted by Crippen LogP contribution is 2.12. The number of carbonyl (C=O) groups is 1. The summed E-state index contributed by atoms with van der Waals surface area (Å²) in [6.45, 7) is 2.34. The van der Waals surface area contributed by atoms with Gasteiger partial charge in [-0.05, 0) is 36.9 Å². The molecule has 4 heteroatoms. The highest BCUT2D eigenvalue weighted by Gasteiger charge is 2.07. The summed E-state index contributed by atoms with van der Waals surface area (Å²) in [6.07, 6.45) is 1.97. The number of nitrogens with two attached hydrogens (primary N) is 1. The van der Waals surface area contributed by atoms with Gasteiger partial charge in [0.15, 0.2) is 0 Å². The van der Waals surface area contributed by atoms with Crippen LogP contribution in [0.1, 0.15) is 15.9 Å². The van der Waals surface area contributed by atoms with Crippen LogP contribution in [0.4, 0.5) is 5.69 Å². The van der Waals surface area contributed by atoms with Gasteiger partial charge in [0.1, 0.15) is 6.61 Å². The van der Waals surface area contributed by atoms with Gasteiger partial charge in [-0.1, -0.05) is 0 Å².